The second-order valence-corrected chi connectivity index (χ2v) is 2.72. The van der Waals surface area contributed by atoms with Gasteiger partial charge in [0.25, 0.3) is 0 Å². The SMILES string of the molecule is COc1cc2cnoc2cc1C(=O)O. The average molecular weight is 193 g/mol. The molecule has 0 aliphatic rings. The van der Waals surface area contributed by atoms with Gasteiger partial charge in [-0.1, -0.05) is 5.16 Å². The molecule has 0 unspecified atom stereocenters. The van der Waals surface area contributed by atoms with Crippen molar-refractivity contribution in [1.82, 2.24) is 5.16 Å². The van der Waals surface area contributed by atoms with Crippen LogP contribution in [0.25, 0.3) is 11.0 Å². The number of carbonyl (C=O) groups is 1. The molecular weight excluding hydrogens is 186 g/mol. The molecule has 1 heterocycles. The summed E-state index contributed by atoms with van der Waals surface area (Å²) in [6.45, 7) is 0. The van der Waals surface area contributed by atoms with E-state index < -0.39 is 5.97 Å². The molecule has 5 heteroatoms. The number of methoxy groups -OCH3 is 1. The van der Waals surface area contributed by atoms with Crippen LogP contribution in [-0.4, -0.2) is 23.3 Å². The Labute approximate surface area is 78.9 Å². The van der Waals surface area contributed by atoms with Crippen molar-refractivity contribution in [3.8, 4) is 5.75 Å². The fourth-order valence-corrected chi connectivity index (χ4v) is 1.23. The maximum Gasteiger partial charge on any atom is 0.339 e. The molecule has 0 fully saturated rings. The van der Waals surface area contributed by atoms with E-state index in [-0.39, 0.29) is 5.56 Å². The molecule has 0 saturated carbocycles. The fourth-order valence-electron chi connectivity index (χ4n) is 1.23. The van der Waals surface area contributed by atoms with Gasteiger partial charge in [0.2, 0.25) is 0 Å². The number of rotatable bonds is 2. The molecule has 1 N–H and O–H groups in total. The predicted molar refractivity (Wildman–Crippen MR) is 47.5 cm³/mol. The van der Waals surface area contributed by atoms with Gasteiger partial charge < -0.3 is 14.4 Å². The molecule has 0 aliphatic heterocycles. The lowest BCUT2D eigenvalue weighted by molar-refractivity contribution is 0.0693. The van der Waals surface area contributed by atoms with Crippen molar-refractivity contribution >= 4 is 16.9 Å². The topological polar surface area (TPSA) is 72.6 Å². The molecule has 0 aliphatic carbocycles. The van der Waals surface area contributed by atoms with Crippen LogP contribution in [0.5, 0.6) is 5.75 Å². The van der Waals surface area contributed by atoms with Gasteiger partial charge in [0, 0.05) is 11.5 Å². The number of aromatic carboxylic acids is 1. The first-order chi connectivity index (χ1) is 6.72. The minimum Gasteiger partial charge on any atom is -0.496 e. The Balaban J connectivity index is 2.72. The molecule has 1 aromatic carbocycles. The average Bonchev–Trinajstić information content (AvgIpc) is 2.62. The maximum atomic E-state index is 10.8. The Morgan fingerprint density at radius 3 is 3.00 bits per heavy atom. The number of aromatic nitrogens is 1. The van der Waals surface area contributed by atoms with Crippen LogP contribution >= 0.6 is 0 Å². The van der Waals surface area contributed by atoms with E-state index in [0.717, 1.165) is 0 Å². The van der Waals surface area contributed by atoms with Crippen molar-refractivity contribution in [2.45, 2.75) is 0 Å². The van der Waals surface area contributed by atoms with Crippen LogP contribution in [0.3, 0.4) is 0 Å². The van der Waals surface area contributed by atoms with Gasteiger partial charge in [-0.15, -0.1) is 0 Å². The Morgan fingerprint density at radius 1 is 1.57 bits per heavy atom. The van der Waals surface area contributed by atoms with Crippen LogP contribution < -0.4 is 4.74 Å². The molecule has 2 aromatic rings. The highest BCUT2D eigenvalue weighted by Crippen LogP contribution is 2.25. The molecule has 0 atom stereocenters. The molecular formula is C9H7NO4. The quantitative estimate of drug-likeness (QED) is 0.782. The summed E-state index contributed by atoms with van der Waals surface area (Å²) in [6, 6.07) is 2.97. The zero-order chi connectivity index (χ0) is 10.1. The monoisotopic (exact) mass is 193 g/mol. The minimum absolute atomic E-state index is 0.0664. The normalized spacial score (nSPS) is 10.4. The summed E-state index contributed by atoms with van der Waals surface area (Å²) in [6.07, 6.45) is 1.50. The first-order valence-electron chi connectivity index (χ1n) is 3.88. The van der Waals surface area contributed by atoms with E-state index in [1.807, 2.05) is 0 Å². The van der Waals surface area contributed by atoms with E-state index in [0.29, 0.717) is 16.7 Å². The molecule has 1 aromatic heterocycles. The smallest absolute Gasteiger partial charge is 0.339 e. The van der Waals surface area contributed by atoms with Crippen LogP contribution in [0.4, 0.5) is 0 Å². The summed E-state index contributed by atoms with van der Waals surface area (Å²) < 4.78 is 9.77. The van der Waals surface area contributed by atoms with Gasteiger partial charge in [0.05, 0.1) is 13.3 Å². The van der Waals surface area contributed by atoms with Gasteiger partial charge >= 0.3 is 5.97 Å². The number of benzene rings is 1. The molecule has 14 heavy (non-hydrogen) atoms. The van der Waals surface area contributed by atoms with Crippen LogP contribution in [0.1, 0.15) is 10.4 Å². The van der Waals surface area contributed by atoms with E-state index in [4.69, 9.17) is 14.4 Å². The van der Waals surface area contributed by atoms with Gasteiger partial charge in [-0.3, -0.25) is 0 Å². The number of ether oxygens (including phenoxy) is 1. The lowest BCUT2D eigenvalue weighted by atomic mass is 10.1. The summed E-state index contributed by atoms with van der Waals surface area (Å²) >= 11 is 0. The largest absolute Gasteiger partial charge is 0.496 e. The summed E-state index contributed by atoms with van der Waals surface area (Å²) in [7, 11) is 1.42. The van der Waals surface area contributed by atoms with Gasteiger partial charge in [-0.2, -0.15) is 0 Å². The first-order valence-corrected chi connectivity index (χ1v) is 3.88. The number of hydrogen-bond acceptors (Lipinski definition) is 4. The Kier molecular flexibility index (Phi) is 1.85. The highest BCUT2D eigenvalue weighted by Gasteiger charge is 2.13. The highest BCUT2D eigenvalue weighted by molar-refractivity contribution is 5.95. The number of carboxylic acid groups (broad SMARTS) is 1. The fraction of sp³-hybridized carbons (Fsp3) is 0.111. The highest BCUT2D eigenvalue weighted by atomic mass is 16.5. The van der Waals surface area contributed by atoms with Gasteiger partial charge in [0.15, 0.2) is 5.58 Å². The van der Waals surface area contributed by atoms with Crippen LogP contribution in [0.2, 0.25) is 0 Å². The maximum absolute atomic E-state index is 10.8. The molecule has 0 bridgehead atoms. The van der Waals surface area contributed by atoms with Crippen LogP contribution in [-0.2, 0) is 0 Å². The number of nitrogens with zero attached hydrogens (tertiary/aromatic N) is 1. The molecule has 5 nitrogen and oxygen atoms in total. The van der Waals surface area contributed by atoms with Crippen molar-refractivity contribution in [1.29, 1.82) is 0 Å². The van der Waals surface area contributed by atoms with Gasteiger partial charge in [0.1, 0.15) is 11.3 Å². The van der Waals surface area contributed by atoms with E-state index in [2.05, 4.69) is 5.16 Å². The molecule has 2 rings (SSSR count). The molecule has 0 amide bonds. The third kappa shape index (κ3) is 1.19. The Hall–Kier alpha value is -2.04. The third-order valence-corrected chi connectivity index (χ3v) is 1.91. The predicted octanol–water partition coefficient (Wildman–Crippen LogP) is 1.53. The first kappa shape index (κ1) is 8.55. The van der Waals surface area contributed by atoms with E-state index in [1.54, 1.807) is 6.07 Å². The number of carboxylic acids is 1. The van der Waals surface area contributed by atoms with Crippen LogP contribution in [0.15, 0.2) is 22.9 Å². The van der Waals surface area contributed by atoms with Crippen LogP contribution in [0, 0.1) is 0 Å². The van der Waals surface area contributed by atoms with Crippen molar-refractivity contribution < 1.29 is 19.2 Å². The zero-order valence-electron chi connectivity index (χ0n) is 7.35. The Bertz CT molecular complexity index is 489. The minimum atomic E-state index is -1.06. The van der Waals surface area contributed by atoms with Crippen molar-refractivity contribution in [3.63, 3.8) is 0 Å². The molecule has 0 saturated heterocycles. The molecule has 0 spiro atoms. The zero-order valence-corrected chi connectivity index (χ0v) is 7.35. The molecule has 72 valence electrons. The standard InChI is InChI=1S/C9H7NO4/c1-13-8-2-5-4-10-14-7(5)3-6(8)9(11)12/h2-4H,1H3,(H,11,12). The number of hydrogen-bond donors (Lipinski definition) is 1. The lowest BCUT2D eigenvalue weighted by Gasteiger charge is -2.03. The van der Waals surface area contributed by atoms with Crippen molar-refractivity contribution in [2.75, 3.05) is 7.11 Å². The summed E-state index contributed by atoms with van der Waals surface area (Å²) in [5, 5.41) is 13.1. The summed E-state index contributed by atoms with van der Waals surface area (Å²) in [5.74, 6) is -0.756. The second-order valence-electron chi connectivity index (χ2n) is 2.72. The third-order valence-electron chi connectivity index (χ3n) is 1.91. The second kappa shape index (κ2) is 3.02. The summed E-state index contributed by atoms with van der Waals surface area (Å²) in [4.78, 5) is 10.8. The van der Waals surface area contributed by atoms with Gasteiger partial charge in [-0.25, -0.2) is 4.79 Å². The molecule has 0 radical (unpaired) electrons. The van der Waals surface area contributed by atoms with Crippen molar-refractivity contribution in [2.24, 2.45) is 0 Å². The van der Waals surface area contributed by atoms with E-state index in [9.17, 15) is 4.79 Å². The summed E-state index contributed by atoms with van der Waals surface area (Å²) in [5.41, 5.74) is 0.500. The van der Waals surface area contributed by atoms with Gasteiger partial charge in [-0.05, 0) is 6.07 Å². The van der Waals surface area contributed by atoms with Crippen molar-refractivity contribution in [3.05, 3.63) is 23.9 Å². The van der Waals surface area contributed by atoms with E-state index >= 15 is 0 Å². The number of fused-ring (bicyclic) bond motifs is 1. The van der Waals surface area contributed by atoms with E-state index in [1.165, 1.54) is 19.4 Å². The Morgan fingerprint density at radius 2 is 2.36 bits per heavy atom. The lowest BCUT2D eigenvalue weighted by Crippen LogP contribution is -1.99.